The van der Waals surface area contributed by atoms with Crippen molar-refractivity contribution in [3.05, 3.63) is 64.7 Å². The molecule has 0 radical (unpaired) electrons. The number of piperazine rings is 1. The van der Waals surface area contributed by atoms with Gasteiger partial charge in [0, 0.05) is 31.7 Å². The highest BCUT2D eigenvalue weighted by Crippen LogP contribution is 2.25. The molecule has 0 aromatic heterocycles. The number of carbonyl (C=O) groups excluding carboxylic acids is 2. The van der Waals surface area contributed by atoms with Crippen LogP contribution in [0.4, 0.5) is 0 Å². The fourth-order valence-electron chi connectivity index (χ4n) is 3.02. The van der Waals surface area contributed by atoms with E-state index in [2.05, 4.69) is 0 Å². The average Bonchev–Trinajstić information content (AvgIpc) is 2.68. The zero-order valence-corrected chi connectivity index (χ0v) is 15.4. The number of carbonyl (C=O) groups is 2. The summed E-state index contributed by atoms with van der Waals surface area (Å²) in [4.78, 5) is 28.6. The average molecular weight is 373 g/mol. The maximum Gasteiger partial charge on any atom is 0.254 e. The Hall–Kier alpha value is -2.53. The molecule has 0 spiro atoms. The van der Waals surface area contributed by atoms with Crippen LogP contribution in [0, 0.1) is 0 Å². The maximum absolute atomic E-state index is 12.6. The number of benzene rings is 2. The lowest BCUT2D eigenvalue weighted by molar-refractivity contribution is -0.131. The fourth-order valence-corrected chi connectivity index (χ4v) is 3.28. The van der Waals surface area contributed by atoms with E-state index in [-0.39, 0.29) is 11.8 Å². The third-order valence-electron chi connectivity index (χ3n) is 4.52. The number of rotatable bonds is 4. The Balaban J connectivity index is 1.57. The van der Waals surface area contributed by atoms with Crippen LogP contribution in [0.5, 0.6) is 5.75 Å². The molecule has 1 heterocycles. The minimum Gasteiger partial charge on any atom is -0.495 e. The van der Waals surface area contributed by atoms with Crippen molar-refractivity contribution in [1.29, 1.82) is 0 Å². The molecule has 136 valence electrons. The molecule has 1 fully saturated rings. The highest BCUT2D eigenvalue weighted by Gasteiger charge is 2.25. The third-order valence-corrected chi connectivity index (χ3v) is 4.81. The summed E-state index contributed by atoms with van der Waals surface area (Å²) in [7, 11) is 1.54. The number of hydrogen-bond acceptors (Lipinski definition) is 3. The number of amides is 2. The van der Waals surface area contributed by atoms with Gasteiger partial charge in [0.15, 0.2) is 0 Å². The monoisotopic (exact) mass is 372 g/mol. The largest absolute Gasteiger partial charge is 0.495 e. The smallest absolute Gasteiger partial charge is 0.254 e. The van der Waals surface area contributed by atoms with Gasteiger partial charge in [-0.3, -0.25) is 9.59 Å². The molecule has 1 aliphatic rings. The Morgan fingerprint density at radius 1 is 1.00 bits per heavy atom. The first-order chi connectivity index (χ1) is 12.6. The summed E-state index contributed by atoms with van der Waals surface area (Å²) < 4.78 is 5.11. The molecule has 2 aromatic rings. The number of ether oxygens (including phenoxy) is 1. The molecule has 1 aliphatic heterocycles. The van der Waals surface area contributed by atoms with Crippen molar-refractivity contribution in [3.63, 3.8) is 0 Å². The molecule has 0 unspecified atom stereocenters. The second kappa shape index (κ2) is 8.23. The van der Waals surface area contributed by atoms with Gasteiger partial charge in [0.25, 0.3) is 5.91 Å². The van der Waals surface area contributed by atoms with Crippen LogP contribution in [0.15, 0.2) is 48.5 Å². The molecule has 0 N–H and O–H groups in total. The van der Waals surface area contributed by atoms with Gasteiger partial charge < -0.3 is 14.5 Å². The van der Waals surface area contributed by atoms with Crippen molar-refractivity contribution < 1.29 is 14.3 Å². The van der Waals surface area contributed by atoms with Gasteiger partial charge in [-0.25, -0.2) is 0 Å². The van der Waals surface area contributed by atoms with Gasteiger partial charge in [-0.05, 0) is 23.8 Å². The van der Waals surface area contributed by atoms with Crippen LogP contribution in [0.3, 0.4) is 0 Å². The third kappa shape index (κ3) is 4.17. The summed E-state index contributed by atoms with van der Waals surface area (Å²) in [6.45, 7) is 2.12. The first-order valence-electron chi connectivity index (χ1n) is 8.53. The Morgan fingerprint density at radius 3 is 2.27 bits per heavy atom. The topological polar surface area (TPSA) is 49.9 Å². The van der Waals surface area contributed by atoms with Gasteiger partial charge in [-0.15, -0.1) is 0 Å². The summed E-state index contributed by atoms with van der Waals surface area (Å²) in [6, 6.07) is 14.7. The lowest BCUT2D eigenvalue weighted by Crippen LogP contribution is -2.51. The van der Waals surface area contributed by atoms with Crippen molar-refractivity contribution in [2.75, 3.05) is 33.3 Å². The van der Waals surface area contributed by atoms with Crippen molar-refractivity contribution >= 4 is 23.4 Å². The Labute approximate surface area is 158 Å². The maximum atomic E-state index is 12.6. The summed E-state index contributed by atoms with van der Waals surface area (Å²) in [5, 5.41) is 0.412. The van der Waals surface area contributed by atoms with Gasteiger partial charge in [0.1, 0.15) is 5.75 Å². The highest BCUT2D eigenvalue weighted by atomic mass is 35.5. The van der Waals surface area contributed by atoms with E-state index in [1.165, 1.54) is 7.11 Å². The lowest BCUT2D eigenvalue weighted by atomic mass is 10.1. The van der Waals surface area contributed by atoms with Gasteiger partial charge in [-0.2, -0.15) is 0 Å². The molecule has 26 heavy (non-hydrogen) atoms. The first kappa shape index (κ1) is 18.3. The van der Waals surface area contributed by atoms with Crippen LogP contribution >= 0.6 is 11.6 Å². The number of halogens is 1. The molecular weight excluding hydrogens is 352 g/mol. The van der Waals surface area contributed by atoms with Crippen LogP contribution in [0.25, 0.3) is 0 Å². The van der Waals surface area contributed by atoms with Gasteiger partial charge in [0.2, 0.25) is 5.91 Å². The summed E-state index contributed by atoms with van der Waals surface area (Å²) in [5.41, 5.74) is 1.53. The van der Waals surface area contributed by atoms with Crippen LogP contribution in [-0.2, 0) is 11.2 Å². The van der Waals surface area contributed by atoms with Gasteiger partial charge in [-0.1, -0.05) is 41.9 Å². The first-order valence-corrected chi connectivity index (χ1v) is 8.91. The molecule has 3 rings (SSSR count). The molecular formula is C20H21ClN2O3. The van der Waals surface area contributed by atoms with E-state index in [4.69, 9.17) is 16.3 Å². The Kier molecular flexibility index (Phi) is 5.78. The number of methoxy groups -OCH3 is 1. The summed E-state index contributed by atoms with van der Waals surface area (Å²) >= 11 is 6.11. The second-order valence-corrected chi connectivity index (χ2v) is 6.59. The van der Waals surface area contributed by atoms with Crippen molar-refractivity contribution in [2.24, 2.45) is 0 Å². The van der Waals surface area contributed by atoms with E-state index < -0.39 is 0 Å². The predicted molar refractivity (Wildman–Crippen MR) is 101 cm³/mol. The normalized spacial score (nSPS) is 14.2. The van der Waals surface area contributed by atoms with Crippen LogP contribution in [-0.4, -0.2) is 54.9 Å². The highest BCUT2D eigenvalue weighted by molar-refractivity contribution is 6.32. The molecule has 0 aliphatic carbocycles. The second-order valence-electron chi connectivity index (χ2n) is 6.18. The molecule has 1 saturated heterocycles. The molecule has 5 nitrogen and oxygen atoms in total. The van der Waals surface area contributed by atoms with E-state index in [0.29, 0.717) is 48.9 Å². The minimum absolute atomic E-state index is 0.0790. The van der Waals surface area contributed by atoms with E-state index in [1.54, 1.807) is 23.1 Å². The summed E-state index contributed by atoms with van der Waals surface area (Å²) in [6.07, 6.45) is 0.392. The standard InChI is InChI=1S/C20H21ClN2O3/c1-26-18-8-7-16(14-17(18)21)20(25)23-11-9-22(10-12-23)19(24)13-15-5-3-2-4-6-15/h2-8,14H,9-13H2,1H3. The number of nitrogens with zero attached hydrogens (tertiary/aromatic N) is 2. The molecule has 6 heteroatoms. The van der Waals surface area contributed by atoms with Gasteiger partial charge in [0.05, 0.1) is 18.6 Å². The molecule has 2 amide bonds. The van der Waals surface area contributed by atoms with Crippen LogP contribution < -0.4 is 4.74 Å². The van der Waals surface area contributed by atoms with Crippen LogP contribution in [0.1, 0.15) is 15.9 Å². The van der Waals surface area contributed by atoms with E-state index in [1.807, 2.05) is 35.2 Å². The number of hydrogen-bond donors (Lipinski definition) is 0. The van der Waals surface area contributed by atoms with Crippen LogP contribution in [0.2, 0.25) is 5.02 Å². The lowest BCUT2D eigenvalue weighted by Gasteiger charge is -2.35. The zero-order chi connectivity index (χ0) is 18.5. The Morgan fingerprint density at radius 2 is 1.65 bits per heavy atom. The molecule has 2 aromatic carbocycles. The fraction of sp³-hybridized carbons (Fsp3) is 0.300. The van der Waals surface area contributed by atoms with Crippen molar-refractivity contribution in [2.45, 2.75) is 6.42 Å². The van der Waals surface area contributed by atoms with Gasteiger partial charge >= 0.3 is 0 Å². The SMILES string of the molecule is COc1ccc(C(=O)N2CCN(C(=O)Cc3ccccc3)CC2)cc1Cl. The van der Waals surface area contributed by atoms with E-state index in [9.17, 15) is 9.59 Å². The molecule has 0 bridgehead atoms. The van der Waals surface area contributed by atoms with E-state index in [0.717, 1.165) is 5.56 Å². The Bertz CT molecular complexity index is 787. The predicted octanol–water partition coefficient (Wildman–Crippen LogP) is 2.88. The van der Waals surface area contributed by atoms with E-state index >= 15 is 0 Å². The zero-order valence-electron chi connectivity index (χ0n) is 14.7. The molecule has 0 atom stereocenters. The molecule has 0 saturated carbocycles. The minimum atomic E-state index is -0.0790. The quantitative estimate of drug-likeness (QED) is 0.829. The van der Waals surface area contributed by atoms with Crippen molar-refractivity contribution in [1.82, 2.24) is 9.80 Å². The van der Waals surface area contributed by atoms with Crippen molar-refractivity contribution in [3.8, 4) is 5.75 Å². The summed E-state index contributed by atoms with van der Waals surface area (Å²) in [5.74, 6) is 0.556.